The van der Waals surface area contributed by atoms with Gasteiger partial charge in [-0.15, -0.1) is 0 Å². The summed E-state index contributed by atoms with van der Waals surface area (Å²) >= 11 is 7.15. The fraction of sp³-hybridized carbons (Fsp3) is 0.200. The Morgan fingerprint density at radius 1 is 1.00 bits per heavy atom. The minimum absolute atomic E-state index is 0.185. The molecule has 1 unspecified atom stereocenters. The highest BCUT2D eigenvalue weighted by molar-refractivity contribution is 9.10. The van der Waals surface area contributed by atoms with Crippen molar-refractivity contribution < 1.29 is 4.39 Å². The van der Waals surface area contributed by atoms with Gasteiger partial charge in [0, 0.05) is 9.80 Å². The first-order chi connectivity index (χ1) is 8.70. The van der Waals surface area contributed by atoms with Gasteiger partial charge < -0.3 is 0 Å². The van der Waals surface area contributed by atoms with Gasteiger partial charge in [0.15, 0.2) is 0 Å². The predicted molar refractivity (Wildman–Crippen MR) is 80.8 cm³/mol. The van der Waals surface area contributed by atoms with E-state index < -0.39 is 0 Å². The van der Waals surface area contributed by atoms with Crippen molar-refractivity contribution in [3.63, 3.8) is 0 Å². The summed E-state index contributed by atoms with van der Waals surface area (Å²) in [6, 6.07) is 15.0. The van der Waals surface area contributed by atoms with Crippen molar-refractivity contribution in [2.24, 2.45) is 0 Å². The molecule has 0 aromatic heterocycles. The molecule has 18 heavy (non-hydrogen) atoms. The lowest BCUT2D eigenvalue weighted by molar-refractivity contribution is 0.626. The summed E-state index contributed by atoms with van der Waals surface area (Å²) in [7, 11) is 0. The van der Waals surface area contributed by atoms with E-state index in [1.54, 1.807) is 0 Å². The molecule has 0 amide bonds. The SMILES string of the molecule is Fc1ccc(CC(CBr)c2ccccc2Br)cc1. The molecule has 0 fully saturated rings. The van der Waals surface area contributed by atoms with Crippen molar-refractivity contribution in [2.75, 3.05) is 5.33 Å². The van der Waals surface area contributed by atoms with Crippen LogP contribution in [0.5, 0.6) is 0 Å². The van der Waals surface area contributed by atoms with E-state index >= 15 is 0 Å². The van der Waals surface area contributed by atoms with Crippen molar-refractivity contribution in [1.82, 2.24) is 0 Å². The number of hydrogen-bond donors (Lipinski definition) is 0. The highest BCUT2D eigenvalue weighted by Gasteiger charge is 2.13. The minimum atomic E-state index is -0.185. The van der Waals surface area contributed by atoms with Gasteiger partial charge in [0.05, 0.1) is 0 Å². The lowest BCUT2D eigenvalue weighted by Crippen LogP contribution is -2.05. The van der Waals surface area contributed by atoms with Gasteiger partial charge in [-0.2, -0.15) is 0 Å². The maximum Gasteiger partial charge on any atom is 0.123 e. The highest BCUT2D eigenvalue weighted by Crippen LogP contribution is 2.29. The molecule has 1 atom stereocenters. The van der Waals surface area contributed by atoms with Crippen LogP contribution in [0.1, 0.15) is 17.0 Å². The first kappa shape index (κ1) is 13.8. The minimum Gasteiger partial charge on any atom is -0.207 e. The van der Waals surface area contributed by atoms with Crippen molar-refractivity contribution in [2.45, 2.75) is 12.3 Å². The third-order valence-corrected chi connectivity index (χ3v) is 4.43. The summed E-state index contributed by atoms with van der Waals surface area (Å²) in [5, 5.41) is 0.882. The van der Waals surface area contributed by atoms with Crippen molar-refractivity contribution in [3.8, 4) is 0 Å². The van der Waals surface area contributed by atoms with Gasteiger partial charge >= 0.3 is 0 Å². The summed E-state index contributed by atoms with van der Waals surface area (Å²) < 4.78 is 14.0. The number of rotatable bonds is 4. The molecule has 0 bridgehead atoms. The van der Waals surface area contributed by atoms with Gasteiger partial charge in [0.1, 0.15) is 5.82 Å². The topological polar surface area (TPSA) is 0 Å². The molecule has 0 aliphatic heterocycles. The number of alkyl halides is 1. The Labute approximate surface area is 123 Å². The van der Waals surface area contributed by atoms with Crippen LogP contribution in [0.15, 0.2) is 53.0 Å². The molecule has 0 N–H and O–H groups in total. The van der Waals surface area contributed by atoms with Crippen molar-refractivity contribution >= 4 is 31.9 Å². The molecule has 0 saturated carbocycles. The van der Waals surface area contributed by atoms with Crippen LogP contribution < -0.4 is 0 Å². The molecule has 94 valence electrons. The Morgan fingerprint density at radius 2 is 1.67 bits per heavy atom. The zero-order valence-corrected chi connectivity index (χ0v) is 12.9. The Bertz CT molecular complexity index is 508. The lowest BCUT2D eigenvalue weighted by atomic mass is 9.94. The molecular weight excluding hydrogens is 359 g/mol. The van der Waals surface area contributed by atoms with E-state index in [-0.39, 0.29) is 5.82 Å². The molecule has 0 spiro atoms. The first-order valence-electron chi connectivity index (χ1n) is 5.75. The van der Waals surface area contributed by atoms with Crippen LogP contribution in [0.25, 0.3) is 0 Å². The van der Waals surface area contributed by atoms with Crippen LogP contribution >= 0.6 is 31.9 Å². The Morgan fingerprint density at radius 3 is 2.28 bits per heavy atom. The quantitative estimate of drug-likeness (QED) is 0.639. The Balaban J connectivity index is 2.20. The number of hydrogen-bond acceptors (Lipinski definition) is 0. The summed E-state index contributed by atoms with van der Waals surface area (Å²) in [4.78, 5) is 0. The van der Waals surface area contributed by atoms with E-state index in [1.165, 1.54) is 17.7 Å². The molecule has 0 radical (unpaired) electrons. The summed E-state index contributed by atoms with van der Waals surface area (Å²) in [6.07, 6.45) is 0.897. The van der Waals surface area contributed by atoms with E-state index in [1.807, 2.05) is 24.3 Å². The van der Waals surface area contributed by atoms with Crippen molar-refractivity contribution in [1.29, 1.82) is 0 Å². The van der Waals surface area contributed by atoms with Gasteiger partial charge in [0.25, 0.3) is 0 Å². The fourth-order valence-electron chi connectivity index (χ4n) is 1.96. The Hall–Kier alpha value is -0.670. The van der Waals surface area contributed by atoms with E-state index in [0.717, 1.165) is 21.8 Å². The second kappa shape index (κ2) is 6.48. The van der Waals surface area contributed by atoms with Crippen LogP contribution in [0, 0.1) is 5.82 Å². The van der Waals surface area contributed by atoms with E-state index in [4.69, 9.17) is 0 Å². The molecular formula is C15H13Br2F. The third kappa shape index (κ3) is 3.42. The molecule has 2 aromatic carbocycles. The molecule has 0 heterocycles. The van der Waals surface area contributed by atoms with Gasteiger partial charge in [-0.05, 0) is 41.7 Å². The monoisotopic (exact) mass is 370 g/mol. The number of halogens is 3. The second-order valence-electron chi connectivity index (χ2n) is 4.20. The van der Waals surface area contributed by atoms with Gasteiger partial charge in [0.2, 0.25) is 0 Å². The molecule has 0 saturated heterocycles. The smallest absolute Gasteiger partial charge is 0.123 e. The van der Waals surface area contributed by atoms with Gasteiger partial charge in [-0.1, -0.05) is 62.2 Å². The van der Waals surface area contributed by atoms with E-state index in [2.05, 4.69) is 44.0 Å². The summed E-state index contributed by atoms with van der Waals surface area (Å²) in [6.45, 7) is 0. The van der Waals surface area contributed by atoms with Gasteiger partial charge in [-0.3, -0.25) is 0 Å². The molecule has 0 aliphatic rings. The van der Waals surface area contributed by atoms with Gasteiger partial charge in [-0.25, -0.2) is 4.39 Å². The summed E-state index contributed by atoms with van der Waals surface area (Å²) in [5.74, 6) is 0.195. The van der Waals surface area contributed by atoms with Crippen LogP contribution in [0.2, 0.25) is 0 Å². The average molecular weight is 372 g/mol. The standard InChI is InChI=1S/C15H13Br2F/c16-10-12(14-3-1-2-4-15(14)17)9-11-5-7-13(18)8-6-11/h1-8,12H,9-10H2. The first-order valence-corrected chi connectivity index (χ1v) is 7.67. The largest absolute Gasteiger partial charge is 0.207 e. The Kier molecular flexibility index (Phi) is 4.95. The van der Waals surface area contributed by atoms with Crippen LogP contribution in [0.3, 0.4) is 0 Å². The maximum atomic E-state index is 12.9. The molecule has 2 aromatic rings. The lowest BCUT2D eigenvalue weighted by Gasteiger charge is -2.16. The zero-order chi connectivity index (χ0) is 13.0. The predicted octanol–water partition coefficient (Wildman–Crippen LogP) is 5.31. The summed E-state index contributed by atoms with van der Waals surface area (Å²) in [5.41, 5.74) is 2.43. The molecule has 3 heteroatoms. The van der Waals surface area contributed by atoms with Crippen LogP contribution in [0.4, 0.5) is 4.39 Å². The van der Waals surface area contributed by atoms with E-state index in [9.17, 15) is 4.39 Å². The molecule has 2 rings (SSSR count). The van der Waals surface area contributed by atoms with Crippen LogP contribution in [-0.4, -0.2) is 5.33 Å². The highest BCUT2D eigenvalue weighted by atomic mass is 79.9. The van der Waals surface area contributed by atoms with Crippen molar-refractivity contribution in [3.05, 3.63) is 69.9 Å². The van der Waals surface area contributed by atoms with Crippen LogP contribution in [-0.2, 0) is 6.42 Å². The third-order valence-electron chi connectivity index (χ3n) is 2.93. The molecule has 0 aliphatic carbocycles. The normalized spacial score (nSPS) is 12.4. The fourth-order valence-corrected chi connectivity index (χ4v) is 3.15. The molecule has 0 nitrogen and oxygen atoms in total. The average Bonchev–Trinajstić information content (AvgIpc) is 2.39. The van der Waals surface area contributed by atoms with E-state index in [0.29, 0.717) is 5.92 Å². The second-order valence-corrected chi connectivity index (χ2v) is 5.71. The zero-order valence-electron chi connectivity index (χ0n) is 9.74. The maximum absolute atomic E-state index is 12.9. The number of benzene rings is 2.